The van der Waals surface area contributed by atoms with Gasteiger partial charge in [0.2, 0.25) is 35.4 Å². The number of carbonyl (C=O) groups excluding carboxylic acids is 5. The summed E-state index contributed by atoms with van der Waals surface area (Å²) in [7, 11) is 0. The van der Waals surface area contributed by atoms with Gasteiger partial charge in [0.1, 0.15) is 11.5 Å². The van der Waals surface area contributed by atoms with Gasteiger partial charge in [0.15, 0.2) is 0 Å². The van der Waals surface area contributed by atoms with Gasteiger partial charge >= 0.3 is 5.69 Å². The lowest BCUT2D eigenvalue weighted by atomic mass is 10.0. The Balaban J connectivity index is 0.000000206. The van der Waals surface area contributed by atoms with E-state index in [2.05, 4.69) is 68.9 Å². The number of hydrogen-bond acceptors (Lipinski definition) is 14. The van der Waals surface area contributed by atoms with E-state index in [0.29, 0.717) is 112 Å². The number of nitro groups is 2. The van der Waals surface area contributed by atoms with E-state index in [4.69, 9.17) is 28.1 Å². The summed E-state index contributed by atoms with van der Waals surface area (Å²) in [6, 6.07) is 27.7. The van der Waals surface area contributed by atoms with Gasteiger partial charge in [-0.2, -0.15) is 4.39 Å². The number of rotatable bonds is 24. The predicted octanol–water partition coefficient (Wildman–Crippen LogP) is 12.6. The summed E-state index contributed by atoms with van der Waals surface area (Å²) in [6.07, 6.45) is 16.8. The van der Waals surface area contributed by atoms with E-state index in [9.17, 15) is 48.6 Å². The molecule has 504 valence electrons. The number of carbonyl (C=O) groups is 5. The fourth-order valence-electron chi connectivity index (χ4n) is 12.3. The van der Waals surface area contributed by atoms with Crippen molar-refractivity contribution >= 4 is 80.6 Å². The number of nitrogens with two attached hydrogens (primary N) is 2. The Labute approximate surface area is 547 Å². The summed E-state index contributed by atoms with van der Waals surface area (Å²) in [5.41, 5.74) is 15.0. The van der Waals surface area contributed by atoms with Crippen LogP contribution in [0.5, 0.6) is 0 Å². The smallest absolute Gasteiger partial charge is 0.304 e. The number of nitrogen functional groups attached to an aromatic ring is 1. The number of nitrogens with zero attached hydrogens (tertiary/aromatic N) is 9. The molecule has 6 N–H and O–H groups in total. The predicted molar refractivity (Wildman–Crippen MR) is 361 cm³/mol. The Bertz CT molecular complexity index is 3120. The molecule has 5 aliphatic heterocycles. The van der Waals surface area contributed by atoms with Crippen LogP contribution in [0, 0.1) is 55.6 Å². The number of nitrogens with one attached hydrogen (secondary N) is 2. The Morgan fingerprint density at radius 2 is 0.913 bits per heavy atom. The molecule has 5 aliphatic rings. The average Bonchev–Trinajstić information content (AvgIpc) is 1.97. The van der Waals surface area contributed by atoms with Crippen molar-refractivity contribution in [3.8, 4) is 0 Å². The maximum atomic E-state index is 12.4. The first-order chi connectivity index (χ1) is 44.3. The van der Waals surface area contributed by atoms with Crippen molar-refractivity contribution in [2.75, 3.05) is 75.1 Å². The minimum atomic E-state index is -0.799. The van der Waals surface area contributed by atoms with E-state index in [-0.39, 0.29) is 29.3 Å². The van der Waals surface area contributed by atoms with E-state index < -0.39 is 21.4 Å². The maximum Gasteiger partial charge on any atom is 0.304 e. The second-order valence-electron chi connectivity index (χ2n) is 24.3. The van der Waals surface area contributed by atoms with Crippen molar-refractivity contribution in [3.05, 3.63) is 129 Å². The van der Waals surface area contributed by atoms with Gasteiger partial charge in [-0.25, -0.2) is 4.98 Å². The Morgan fingerprint density at radius 3 is 1.35 bits per heavy atom. The monoisotopic (exact) mass is 1300 g/mol. The van der Waals surface area contributed by atoms with Gasteiger partial charge in [0, 0.05) is 83.4 Å². The molecular formula is C68H99ClFN13O9. The number of benzene rings is 4. The molecule has 5 aromatic rings. The molecule has 5 amide bonds. The molecule has 5 atom stereocenters. The molecule has 0 saturated carbocycles. The van der Waals surface area contributed by atoms with Gasteiger partial charge in [0.05, 0.1) is 64.9 Å². The zero-order valence-corrected chi connectivity index (χ0v) is 55.6. The number of anilines is 3. The van der Waals surface area contributed by atoms with Crippen LogP contribution in [-0.2, 0) is 37.1 Å². The largest absolute Gasteiger partial charge is 0.397 e. The van der Waals surface area contributed by atoms with Gasteiger partial charge in [-0.15, -0.1) is 11.6 Å². The van der Waals surface area contributed by atoms with Crippen LogP contribution in [0.2, 0.25) is 0 Å². The molecule has 10 rings (SSSR count). The first kappa shape index (κ1) is 74.8. The number of halogens is 2. The highest BCUT2D eigenvalue weighted by atomic mass is 35.5. The van der Waals surface area contributed by atoms with Crippen molar-refractivity contribution in [3.63, 3.8) is 0 Å². The fourth-order valence-corrected chi connectivity index (χ4v) is 12.5. The lowest BCUT2D eigenvalue weighted by Crippen LogP contribution is -2.31. The number of hydrogen-bond donors (Lipinski definition) is 4. The number of fused-ring (bicyclic) bond motifs is 1. The lowest BCUT2D eigenvalue weighted by molar-refractivity contribution is -0.387. The molecule has 92 heavy (non-hydrogen) atoms. The summed E-state index contributed by atoms with van der Waals surface area (Å²) >= 11 is 5.57. The molecule has 22 nitrogen and oxygen atoms in total. The molecule has 6 heterocycles. The zero-order chi connectivity index (χ0) is 67.1. The number of aryl methyl sites for hydroxylation is 1. The van der Waals surface area contributed by atoms with Crippen LogP contribution in [0.4, 0.5) is 32.8 Å². The van der Waals surface area contributed by atoms with Crippen LogP contribution in [0.3, 0.4) is 0 Å². The molecule has 1 aromatic heterocycles. The highest BCUT2D eigenvalue weighted by Gasteiger charge is 2.33. The van der Waals surface area contributed by atoms with Crippen LogP contribution >= 0.6 is 11.6 Å². The molecule has 0 bridgehead atoms. The summed E-state index contributed by atoms with van der Waals surface area (Å²) in [5.74, 6) is 4.00. The normalized spacial score (nSPS) is 19.1. The molecule has 5 saturated heterocycles. The summed E-state index contributed by atoms with van der Waals surface area (Å²) in [6.45, 7) is 19.1. The highest BCUT2D eigenvalue weighted by molar-refractivity contribution is 6.18. The molecule has 0 radical (unpaired) electrons. The summed E-state index contributed by atoms with van der Waals surface area (Å²) in [4.78, 5) is 91.8. The van der Waals surface area contributed by atoms with Crippen molar-refractivity contribution in [1.82, 2.24) is 34.1 Å². The molecule has 0 aliphatic carbocycles. The van der Waals surface area contributed by atoms with Crippen molar-refractivity contribution < 1.29 is 38.2 Å². The van der Waals surface area contributed by atoms with Crippen LogP contribution < -0.4 is 22.1 Å². The summed E-state index contributed by atoms with van der Waals surface area (Å²) < 4.78 is 14.6. The first-order valence-corrected chi connectivity index (χ1v) is 33.4. The van der Waals surface area contributed by atoms with Crippen molar-refractivity contribution in [2.45, 2.75) is 157 Å². The van der Waals surface area contributed by atoms with Crippen LogP contribution in [0.15, 0.2) is 97.1 Å². The van der Waals surface area contributed by atoms with Gasteiger partial charge in [-0.1, -0.05) is 122 Å². The van der Waals surface area contributed by atoms with E-state index in [0.717, 1.165) is 144 Å². The molecular weight excluding hydrogens is 1200 g/mol. The number of nitro benzene ring substituents is 2. The Morgan fingerprint density at radius 1 is 0.522 bits per heavy atom. The maximum absolute atomic E-state index is 12.4. The lowest BCUT2D eigenvalue weighted by Gasteiger charge is -2.19. The number of para-hydroxylation sites is 7. The Kier molecular flexibility index (Phi) is 32.1. The second kappa shape index (κ2) is 39.5. The fraction of sp³-hybridized carbons (Fsp3) is 0.559. The van der Waals surface area contributed by atoms with Gasteiger partial charge in [-0.3, -0.25) is 44.2 Å². The van der Waals surface area contributed by atoms with Crippen molar-refractivity contribution in [2.24, 2.45) is 35.3 Å². The number of imidazole rings is 1. The SMILES string of the molecule is CCCC1CC(=O)N(CCl)C1.CCCC1CC(=O)N(CN)C1.CCCC1CC(=O)N(CNc2ccccc2N)C1.CCCC1CC(=O)N(CNc2ccccc2[N+](=O)[O-])C1.CCCc1nc2ccccc2n1CN1CC(CCC)CC1=O.O=[N+]([O-])c1ccccc1F. The first-order valence-electron chi connectivity index (χ1n) is 32.8. The number of amides is 5. The Hall–Kier alpha value is -7.92. The molecule has 5 fully saturated rings. The van der Waals surface area contributed by atoms with Crippen LogP contribution in [0.1, 0.15) is 150 Å². The molecule has 24 heteroatoms. The summed E-state index contributed by atoms with van der Waals surface area (Å²) in [5, 5.41) is 27.1. The number of aromatic nitrogens is 2. The molecule has 5 unspecified atom stereocenters. The van der Waals surface area contributed by atoms with E-state index >= 15 is 0 Å². The standard InChI is InChI=1S/C18H25N3O.C14H19N3O3.C14H21N3O.C8H14ClNO.C8H16N2O.C6H4FNO2/c1-3-7-14-11-18(22)20(12-14)13-21-16-10-6-5-9-15(16)19-17(21)8-4-2;1-2-5-11-8-14(18)16(9-11)10-15-12-6-3-4-7-13(12)17(19)20;1-2-5-11-8-14(18)17(9-11)10-16-13-7-4-3-6-12(13)15;2*1-2-3-7-4-8(11)10(5-7)6-9;7-5-3-1-2-4-6(5)8(9)10/h5-6,9-10,14H,3-4,7-8,11-13H2,1-2H3;3-4,6-7,11,15H,2,5,8-10H2,1H3;3-4,6-7,11,16H,2,5,8-10,15H2,1H3;7H,2-6H2,1H3;7H,2-6,9H2,1H3;1-4H. The third-order valence-electron chi connectivity index (χ3n) is 16.9. The van der Waals surface area contributed by atoms with Crippen molar-refractivity contribution in [1.29, 1.82) is 0 Å². The quantitative estimate of drug-likeness (QED) is 0.0147. The van der Waals surface area contributed by atoms with E-state index in [1.54, 1.807) is 32.9 Å². The minimum Gasteiger partial charge on any atom is -0.397 e. The van der Waals surface area contributed by atoms with Gasteiger partial charge in [-0.05, 0) is 105 Å². The zero-order valence-electron chi connectivity index (χ0n) is 54.8. The third-order valence-corrected chi connectivity index (χ3v) is 17.2. The molecule has 0 spiro atoms. The van der Waals surface area contributed by atoms with Gasteiger partial charge < -0.3 is 51.2 Å². The number of likely N-dealkylation sites (tertiary alicyclic amines) is 5. The van der Waals surface area contributed by atoms with Gasteiger partial charge in [0.25, 0.3) is 5.69 Å². The van der Waals surface area contributed by atoms with E-state index in [1.165, 1.54) is 18.2 Å². The molecule has 4 aromatic carbocycles. The number of alkyl halides is 1. The van der Waals surface area contributed by atoms with Crippen LogP contribution in [0.25, 0.3) is 11.0 Å². The van der Waals surface area contributed by atoms with Crippen LogP contribution in [-0.4, -0.2) is 132 Å². The third kappa shape index (κ3) is 23.3. The topological polar surface area (TPSA) is 282 Å². The van der Waals surface area contributed by atoms with E-state index in [1.807, 2.05) is 46.2 Å². The average molecular weight is 1300 g/mol. The second-order valence-corrected chi connectivity index (χ2v) is 24.5. The highest BCUT2D eigenvalue weighted by Crippen LogP contribution is 2.29. The minimum absolute atomic E-state index is 0.0317.